The van der Waals surface area contributed by atoms with Crippen LogP contribution in [0.1, 0.15) is 45.1 Å². The van der Waals surface area contributed by atoms with Crippen LogP contribution in [0.4, 0.5) is 5.69 Å². The molecule has 0 amide bonds. The molecule has 0 atom stereocenters. The molecule has 1 aromatic rings. The van der Waals surface area contributed by atoms with Gasteiger partial charge in [-0.15, -0.1) is 0 Å². The van der Waals surface area contributed by atoms with Crippen molar-refractivity contribution in [3.8, 4) is 0 Å². The zero-order chi connectivity index (χ0) is 12.5. The lowest BCUT2D eigenvalue weighted by Crippen LogP contribution is -2.29. The van der Waals surface area contributed by atoms with Crippen LogP contribution in [-0.4, -0.2) is 6.04 Å². The fourth-order valence-corrected chi connectivity index (χ4v) is 2.76. The molecule has 0 aromatic heterocycles. The fourth-order valence-electron chi connectivity index (χ4n) is 2.51. The van der Waals surface area contributed by atoms with E-state index in [9.17, 15) is 0 Å². The van der Waals surface area contributed by atoms with Gasteiger partial charge in [0.2, 0.25) is 0 Å². The number of benzene rings is 1. The molecule has 0 bridgehead atoms. The Labute approximate surface area is 113 Å². The molecule has 2 heteroatoms. The maximum Gasteiger partial charge on any atom is 0.0345 e. The van der Waals surface area contributed by atoms with Crippen molar-refractivity contribution >= 4 is 21.6 Å². The highest BCUT2D eigenvalue weighted by atomic mass is 79.9. The molecule has 1 N–H and O–H groups in total. The summed E-state index contributed by atoms with van der Waals surface area (Å²) in [6.07, 6.45) is 5.25. The number of halogens is 1. The van der Waals surface area contributed by atoms with E-state index in [1.807, 2.05) is 0 Å². The van der Waals surface area contributed by atoms with Gasteiger partial charge in [0, 0.05) is 16.2 Å². The smallest absolute Gasteiger partial charge is 0.0345 e. The maximum atomic E-state index is 3.67. The van der Waals surface area contributed by atoms with Crippen LogP contribution in [-0.2, 0) is 0 Å². The number of nitrogens with one attached hydrogen (secondary N) is 1. The van der Waals surface area contributed by atoms with E-state index in [0.29, 0.717) is 11.5 Å². The number of hydrogen-bond acceptors (Lipinski definition) is 1. The van der Waals surface area contributed by atoms with Gasteiger partial charge in [-0.1, -0.05) is 29.8 Å². The summed E-state index contributed by atoms with van der Waals surface area (Å²) >= 11 is 3.54. The van der Waals surface area contributed by atoms with Gasteiger partial charge < -0.3 is 5.32 Å². The molecule has 0 aliphatic heterocycles. The average Bonchev–Trinajstić information content (AvgIpc) is 2.27. The summed E-state index contributed by atoms with van der Waals surface area (Å²) < 4.78 is 1.19. The highest BCUT2D eigenvalue weighted by molar-refractivity contribution is 9.10. The van der Waals surface area contributed by atoms with Crippen LogP contribution in [0.15, 0.2) is 22.7 Å². The molecule has 94 valence electrons. The lowest BCUT2D eigenvalue weighted by atomic mass is 9.75. The van der Waals surface area contributed by atoms with E-state index in [-0.39, 0.29) is 0 Å². The summed E-state index contributed by atoms with van der Waals surface area (Å²) in [7, 11) is 0. The number of aryl methyl sites for hydroxylation is 1. The van der Waals surface area contributed by atoms with Gasteiger partial charge in [0.1, 0.15) is 0 Å². The Morgan fingerprint density at radius 1 is 1.24 bits per heavy atom. The molecule has 2 rings (SSSR count). The molecular formula is C15H22BrN. The standard InChI is InChI=1S/C15H22BrN/c1-11-10-13(4-5-14(11)16)17-12-6-8-15(2,3)9-7-12/h4-5,10,12,17H,6-9H2,1-3H3. The summed E-state index contributed by atoms with van der Waals surface area (Å²) in [4.78, 5) is 0. The molecule has 1 nitrogen and oxygen atoms in total. The third kappa shape index (κ3) is 3.48. The number of rotatable bonds is 2. The summed E-state index contributed by atoms with van der Waals surface area (Å²) in [5, 5.41) is 3.67. The molecule has 1 aliphatic carbocycles. The second kappa shape index (κ2) is 5.01. The topological polar surface area (TPSA) is 12.0 Å². The fraction of sp³-hybridized carbons (Fsp3) is 0.600. The van der Waals surface area contributed by atoms with E-state index < -0.39 is 0 Å². The van der Waals surface area contributed by atoms with Crippen molar-refractivity contribution in [2.45, 2.75) is 52.5 Å². The molecule has 1 aromatic carbocycles. The van der Waals surface area contributed by atoms with Crippen LogP contribution in [0.3, 0.4) is 0 Å². The van der Waals surface area contributed by atoms with Crippen LogP contribution in [0, 0.1) is 12.3 Å². The minimum absolute atomic E-state index is 0.549. The molecule has 1 aliphatic rings. The molecule has 1 fully saturated rings. The summed E-state index contributed by atoms with van der Waals surface area (Å²) in [5.74, 6) is 0. The highest BCUT2D eigenvalue weighted by Gasteiger charge is 2.26. The van der Waals surface area contributed by atoms with Crippen molar-refractivity contribution in [2.24, 2.45) is 5.41 Å². The van der Waals surface area contributed by atoms with Gasteiger partial charge in [-0.05, 0) is 61.8 Å². The predicted octanol–water partition coefficient (Wildman–Crippen LogP) is 5.14. The van der Waals surface area contributed by atoms with Crippen LogP contribution in [0.2, 0.25) is 0 Å². The summed E-state index contributed by atoms with van der Waals surface area (Å²) in [6.45, 7) is 6.90. The molecule has 0 saturated heterocycles. The Hall–Kier alpha value is -0.500. The van der Waals surface area contributed by atoms with Gasteiger partial charge in [-0.25, -0.2) is 0 Å². The first-order chi connectivity index (χ1) is 7.96. The second-order valence-electron chi connectivity index (χ2n) is 6.05. The van der Waals surface area contributed by atoms with Crippen molar-refractivity contribution in [1.29, 1.82) is 0 Å². The van der Waals surface area contributed by atoms with E-state index in [4.69, 9.17) is 0 Å². The molecule has 17 heavy (non-hydrogen) atoms. The van der Waals surface area contributed by atoms with E-state index in [1.54, 1.807) is 0 Å². The van der Waals surface area contributed by atoms with Crippen molar-refractivity contribution in [1.82, 2.24) is 0 Å². The van der Waals surface area contributed by atoms with Crippen LogP contribution in [0.5, 0.6) is 0 Å². The Kier molecular flexibility index (Phi) is 3.82. The first-order valence-corrected chi connectivity index (χ1v) is 7.28. The minimum Gasteiger partial charge on any atom is -0.382 e. The molecular weight excluding hydrogens is 274 g/mol. The Balaban J connectivity index is 1.95. The van der Waals surface area contributed by atoms with Gasteiger partial charge in [0.05, 0.1) is 0 Å². The summed E-state index contributed by atoms with van der Waals surface area (Å²) in [6, 6.07) is 7.18. The van der Waals surface area contributed by atoms with Gasteiger partial charge in [0.25, 0.3) is 0 Å². The Morgan fingerprint density at radius 2 is 1.88 bits per heavy atom. The number of hydrogen-bond donors (Lipinski definition) is 1. The first kappa shape index (κ1) is 12.9. The third-order valence-corrected chi connectivity index (χ3v) is 4.76. The van der Waals surface area contributed by atoms with E-state index in [1.165, 1.54) is 41.4 Å². The van der Waals surface area contributed by atoms with Crippen LogP contribution in [0.25, 0.3) is 0 Å². The quantitative estimate of drug-likeness (QED) is 0.797. The number of anilines is 1. The van der Waals surface area contributed by atoms with Gasteiger partial charge in [-0.3, -0.25) is 0 Å². The van der Waals surface area contributed by atoms with Gasteiger partial charge in [-0.2, -0.15) is 0 Å². The zero-order valence-corrected chi connectivity index (χ0v) is 12.6. The Morgan fingerprint density at radius 3 is 2.47 bits per heavy atom. The largest absolute Gasteiger partial charge is 0.382 e. The van der Waals surface area contributed by atoms with Gasteiger partial charge in [0.15, 0.2) is 0 Å². The van der Waals surface area contributed by atoms with Crippen molar-refractivity contribution in [2.75, 3.05) is 5.32 Å². The van der Waals surface area contributed by atoms with Crippen molar-refractivity contribution in [3.63, 3.8) is 0 Å². The molecule has 0 radical (unpaired) electrons. The van der Waals surface area contributed by atoms with Crippen molar-refractivity contribution in [3.05, 3.63) is 28.2 Å². The lowest BCUT2D eigenvalue weighted by molar-refractivity contribution is 0.232. The average molecular weight is 296 g/mol. The van der Waals surface area contributed by atoms with E-state index in [2.05, 4.69) is 60.2 Å². The van der Waals surface area contributed by atoms with Gasteiger partial charge >= 0.3 is 0 Å². The zero-order valence-electron chi connectivity index (χ0n) is 11.0. The molecule has 0 heterocycles. The molecule has 1 saturated carbocycles. The normalized spacial score (nSPS) is 20.2. The first-order valence-electron chi connectivity index (χ1n) is 6.49. The highest BCUT2D eigenvalue weighted by Crippen LogP contribution is 2.36. The third-order valence-electron chi connectivity index (χ3n) is 3.87. The molecule has 0 spiro atoms. The van der Waals surface area contributed by atoms with Crippen LogP contribution < -0.4 is 5.32 Å². The predicted molar refractivity (Wildman–Crippen MR) is 78.5 cm³/mol. The maximum absolute atomic E-state index is 3.67. The molecule has 0 unspecified atom stereocenters. The second-order valence-corrected chi connectivity index (χ2v) is 6.90. The lowest BCUT2D eigenvalue weighted by Gasteiger charge is -2.35. The Bertz CT molecular complexity index is 388. The van der Waals surface area contributed by atoms with E-state index in [0.717, 1.165) is 0 Å². The van der Waals surface area contributed by atoms with Crippen LogP contribution >= 0.6 is 15.9 Å². The minimum atomic E-state index is 0.549. The van der Waals surface area contributed by atoms with Crippen molar-refractivity contribution < 1.29 is 0 Å². The monoisotopic (exact) mass is 295 g/mol. The summed E-state index contributed by atoms with van der Waals surface area (Å²) in [5.41, 5.74) is 3.11. The van der Waals surface area contributed by atoms with E-state index >= 15 is 0 Å². The SMILES string of the molecule is Cc1cc(NC2CCC(C)(C)CC2)ccc1Br.